The van der Waals surface area contributed by atoms with Gasteiger partial charge < -0.3 is 20.3 Å². The first kappa shape index (κ1) is 22.4. The highest BCUT2D eigenvalue weighted by molar-refractivity contribution is 6.07. The van der Waals surface area contributed by atoms with Crippen LogP contribution >= 0.6 is 0 Å². The van der Waals surface area contributed by atoms with Crippen molar-refractivity contribution in [2.45, 2.75) is 32.1 Å². The Hall–Kier alpha value is -3.75. The van der Waals surface area contributed by atoms with E-state index in [-0.39, 0.29) is 36.6 Å². The van der Waals surface area contributed by atoms with Gasteiger partial charge in [-0.25, -0.2) is 8.78 Å². The lowest BCUT2D eigenvalue weighted by atomic mass is 9.90. The summed E-state index contributed by atoms with van der Waals surface area (Å²) in [5, 5.41) is 10.4. The van der Waals surface area contributed by atoms with Crippen LogP contribution in [-0.2, 0) is 22.6 Å². The Morgan fingerprint density at radius 1 is 1.18 bits per heavy atom. The number of ketones is 1. The summed E-state index contributed by atoms with van der Waals surface area (Å²) in [5.74, 6) is -3.22. The zero-order valence-corrected chi connectivity index (χ0v) is 17.9. The van der Waals surface area contributed by atoms with Gasteiger partial charge in [0.05, 0.1) is 12.1 Å². The van der Waals surface area contributed by atoms with Crippen LogP contribution in [0.2, 0.25) is 0 Å². The van der Waals surface area contributed by atoms with Crippen LogP contribution in [0.25, 0.3) is 10.9 Å². The van der Waals surface area contributed by atoms with Gasteiger partial charge in [-0.2, -0.15) is 0 Å². The molecular weight excluding hydrogens is 432 g/mol. The van der Waals surface area contributed by atoms with Crippen molar-refractivity contribution in [3.05, 3.63) is 65.6 Å². The van der Waals surface area contributed by atoms with Crippen molar-refractivity contribution in [3.8, 4) is 5.75 Å². The number of hydrogen-bond donors (Lipinski definition) is 2. The number of Topliss-reactive ketones (excluding diaryl/α,β-unsaturated/α-hetero) is 1. The van der Waals surface area contributed by atoms with Crippen molar-refractivity contribution in [1.29, 1.82) is 0 Å². The van der Waals surface area contributed by atoms with E-state index in [1.54, 1.807) is 12.1 Å². The van der Waals surface area contributed by atoms with Crippen molar-refractivity contribution in [3.63, 3.8) is 0 Å². The number of rotatable bonds is 6. The number of hydrogen-bond acceptors (Lipinski definition) is 4. The van der Waals surface area contributed by atoms with Crippen LogP contribution in [0.3, 0.4) is 0 Å². The van der Waals surface area contributed by atoms with E-state index in [4.69, 9.17) is 5.73 Å². The predicted molar refractivity (Wildman–Crippen MR) is 117 cm³/mol. The number of carbonyl (C=O) groups excluding carboxylic acids is 3. The van der Waals surface area contributed by atoms with E-state index in [0.29, 0.717) is 16.5 Å². The Labute approximate surface area is 188 Å². The molecule has 1 aliphatic rings. The molecule has 0 spiro atoms. The maximum atomic E-state index is 15.0. The summed E-state index contributed by atoms with van der Waals surface area (Å²) in [4.78, 5) is 38.5. The third kappa shape index (κ3) is 4.18. The SMILES string of the molecule is CC(=O)c1cn(CC(=O)N2C[C@H](F)C(Cc3ccccc3F)[C@H]2C(N)=O)c2cc(O)ccc12. The number of fused-ring (bicyclic) bond motifs is 1. The molecule has 0 radical (unpaired) electrons. The fourth-order valence-electron chi connectivity index (χ4n) is 4.57. The number of nitrogens with zero attached hydrogens (tertiary/aromatic N) is 2. The van der Waals surface area contributed by atoms with Crippen molar-refractivity contribution >= 4 is 28.5 Å². The Morgan fingerprint density at radius 3 is 2.58 bits per heavy atom. The number of benzene rings is 2. The van der Waals surface area contributed by atoms with Crippen LogP contribution in [0.4, 0.5) is 8.78 Å². The van der Waals surface area contributed by atoms with Gasteiger partial charge in [0.15, 0.2) is 5.78 Å². The molecule has 1 saturated heterocycles. The normalized spacial score (nSPS) is 20.3. The van der Waals surface area contributed by atoms with E-state index in [9.17, 15) is 28.3 Å². The highest BCUT2D eigenvalue weighted by Gasteiger charge is 2.47. The minimum Gasteiger partial charge on any atom is -0.508 e. The molecule has 2 aromatic carbocycles. The molecule has 1 fully saturated rings. The summed E-state index contributed by atoms with van der Waals surface area (Å²) in [5.41, 5.74) is 6.59. The first-order valence-electron chi connectivity index (χ1n) is 10.5. The Balaban J connectivity index is 1.63. The van der Waals surface area contributed by atoms with Gasteiger partial charge in [-0.15, -0.1) is 0 Å². The van der Waals surface area contributed by atoms with Gasteiger partial charge in [0.25, 0.3) is 0 Å². The lowest BCUT2D eigenvalue weighted by molar-refractivity contribution is -0.138. The fourth-order valence-corrected chi connectivity index (χ4v) is 4.57. The average molecular weight is 455 g/mol. The van der Waals surface area contributed by atoms with E-state index in [1.807, 2.05) is 0 Å². The van der Waals surface area contributed by atoms with Crippen molar-refractivity contribution in [2.75, 3.05) is 6.54 Å². The van der Waals surface area contributed by atoms with Gasteiger partial charge in [-0.3, -0.25) is 14.4 Å². The second-order valence-corrected chi connectivity index (χ2v) is 8.30. The molecular formula is C24H23F2N3O4. The molecule has 9 heteroatoms. The molecule has 33 heavy (non-hydrogen) atoms. The smallest absolute Gasteiger partial charge is 0.243 e. The average Bonchev–Trinajstić information content (AvgIpc) is 3.27. The lowest BCUT2D eigenvalue weighted by Crippen LogP contribution is -2.48. The maximum Gasteiger partial charge on any atom is 0.243 e. The molecule has 4 rings (SSSR count). The molecule has 0 saturated carbocycles. The number of phenolic OH excluding ortho intramolecular Hbond substituents is 1. The zero-order valence-electron chi connectivity index (χ0n) is 17.9. The minimum absolute atomic E-state index is 0.0469. The van der Waals surface area contributed by atoms with Crippen LogP contribution in [0.15, 0.2) is 48.7 Å². The van der Waals surface area contributed by atoms with Gasteiger partial charge >= 0.3 is 0 Å². The lowest BCUT2D eigenvalue weighted by Gasteiger charge is -2.25. The number of amides is 2. The monoisotopic (exact) mass is 455 g/mol. The molecule has 1 aliphatic heterocycles. The molecule has 0 bridgehead atoms. The molecule has 0 aliphatic carbocycles. The van der Waals surface area contributed by atoms with Crippen LogP contribution < -0.4 is 5.73 Å². The van der Waals surface area contributed by atoms with Crippen molar-refractivity contribution < 1.29 is 28.3 Å². The highest BCUT2D eigenvalue weighted by atomic mass is 19.1. The summed E-state index contributed by atoms with van der Waals surface area (Å²) in [6, 6.07) is 9.07. The van der Waals surface area contributed by atoms with Crippen LogP contribution in [0, 0.1) is 11.7 Å². The molecule has 3 N–H and O–H groups in total. The Bertz CT molecular complexity index is 1260. The topological polar surface area (TPSA) is 106 Å². The van der Waals surface area contributed by atoms with E-state index in [0.717, 1.165) is 4.90 Å². The first-order valence-corrected chi connectivity index (χ1v) is 10.5. The molecule has 2 amide bonds. The first-order chi connectivity index (χ1) is 15.7. The summed E-state index contributed by atoms with van der Waals surface area (Å²) in [6.07, 6.45) is -0.159. The molecule has 1 aromatic heterocycles. The zero-order chi connectivity index (χ0) is 23.9. The standard InChI is InChI=1S/C24H23F2N3O4/c1-13(30)18-10-28(21-9-15(31)6-7-16(18)21)12-22(32)29-11-20(26)17(23(29)24(27)33)8-14-4-2-3-5-19(14)25/h2-7,9-10,17,20,23,31H,8,11-12H2,1H3,(H2,27,33)/t17?,20-,23-/m0/s1. The number of nitrogens with two attached hydrogens (primary N) is 1. The predicted octanol–water partition coefficient (Wildman–Crippen LogP) is 2.58. The van der Waals surface area contributed by atoms with E-state index < -0.39 is 35.8 Å². The number of aromatic nitrogens is 1. The number of likely N-dealkylation sites (tertiary alicyclic amines) is 1. The quantitative estimate of drug-likeness (QED) is 0.558. The maximum absolute atomic E-state index is 15.0. The number of alkyl halides is 1. The Kier molecular flexibility index (Phi) is 5.88. The van der Waals surface area contributed by atoms with Crippen molar-refractivity contribution in [1.82, 2.24) is 9.47 Å². The molecule has 1 unspecified atom stereocenters. The van der Waals surface area contributed by atoms with Gasteiger partial charge in [0.1, 0.15) is 30.3 Å². The van der Waals surface area contributed by atoms with Crippen LogP contribution in [0.1, 0.15) is 22.8 Å². The van der Waals surface area contributed by atoms with Gasteiger partial charge in [0, 0.05) is 29.1 Å². The molecule has 3 atom stereocenters. The third-order valence-corrected chi connectivity index (χ3v) is 6.15. The second kappa shape index (κ2) is 8.65. The van der Waals surface area contributed by atoms with Gasteiger partial charge in [-0.05, 0) is 37.1 Å². The number of primary amides is 1. The number of aromatic hydroxyl groups is 1. The van der Waals surface area contributed by atoms with Crippen molar-refractivity contribution in [2.24, 2.45) is 11.7 Å². The third-order valence-electron chi connectivity index (χ3n) is 6.15. The minimum atomic E-state index is -1.57. The number of carbonyl (C=O) groups is 3. The molecule has 2 heterocycles. The van der Waals surface area contributed by atoms with Gasteiger partial charge in [-0.1, -0.05) is 18.2 Å². The molecule has 3 aromatic rings. The second-order valence-electron chi connectivity index (χ2n) is 8.30. The largest absolute Gasteiger partial charge is 0.508 e. The summed E-state index contributed by atoms with van der Waals surface area (Å²) in [6.45, 7) is 0.740. The Morgan fingerprint density at radius 2 is 1.91 bits per heavy atom. The van der Waals surface area contributed by atoms with Crippen LogP contribution in [0.5, 0.6) is 5.75 Å². The van der Waals surface area contributed by atoms with Gasteiger partial charge in [0.2, 0.25) is 11.8 Å². The summed E-state index contributed by atoms with van der Waals surface area (Å²) < 4.78 is 30.6. The fraction of sp³-hybridized carbons (Fsp3) is 0.292. The number of phenols is 1. The number of halogens is 2. The van der Waals surface area contributed by atoms with E-state index >= 15 is 0 Å². The van der Waals surface area contributed by atoms with E-state index in [1.165, 1.54) is 48.0 Å². The molecule has 7 nitrogen and oxygen atoms in total. The summed E-state index contributed by atoms with van der Waals surface area (Å²) >= 11 is 0. The highest BCUT2D eigenvalue weighted by Crippen LogP contribution is 2.32. The van der Waals surface area contributed by atoms with Crippen LogP contribution in [-0.4, -0.2) is 50.9 Å². The van der Waals surface area contributed by atoms with E-state index in [2.05, 4.69) is 0 Å². The molecule has 172 valence electrons. The summed E-state index contributed by atoms with van der Waals surface area (Å²) in [7, 11) is 0.